The topological polar surface area (TPSA) is 65.3 Å². The number of nitrogens with one attached hydrogen (secondary N) is 1. The maximum absolute atomic E-state index is 12.9. The van der Waals surface area contributed by atoms with Gasteiger partial charge >= 0.3 is 0 Å². The standard InChI is InChI=1S/C24H21N3O3/c1-13-5-7-19-15(9-13)17(11-26(19)2)21-22(24(29)25-23(21)28)18-12-27(3)20-8-6-14(30-4)10-16(18)20/h5-12H,1-4H3,(H,25,28,29). The van der Waals surface area contributed by atoms with Crippen molar-refractivity contribution in [3.63, 3.8) is 0 Å². The van der Waals surface area contributed by atoms with Crippen LogP contribution in [-0.4, -0.2) is 28.1 Å². The smallest absolute Gasteiger partial charge is 0.259 e. The Kier molecular flexibility index (Phi) is 3.86. The third-order valence-electron chi connectivity index (χ3n) is 5.81. The van der Waals surface area contributed by atoms with Gasteiger partial charge in [0.15, 0.2) is 0 Å². The van der Waals surface area contributed by atoms with Crippen LogP contribution in [0.1, 0.15) is 16.7 Å². The average Bonchev–Trinajstić information content (AvgIpc) is 3.32. The molecule has 0 radical (unpaired) electrons. The Balaban J connectivity index is 1.87. The first-order chi connectivity index (χ1) is 14.4. The maximum Gasteiger partial charge on any atom is 0.259 e. The van der Waals surface area contributed by atoms with Crippen molar-refractivity contribution in [2.24, 2.45) is 14.1 Å². The minimum Gasteiger partial charge on any atom is -0.497 e. The molecule has 0 unspecified atom stereocenters. The van der Waals surface area contributed by atoms with Gasteiger partial charge in [0.2, 0.25) is 0 Å². The van der Waals surface area contributed by atoms with Crippen molar-refractivity contribution in [3.8, 4) is 5.75 Å². The molecular weight excluding hydrogens is 378 g/mol. The van der Waals surface area contributed by atoms with Gasteiger partial charge in [-0.15, -0.1) is 0 Å². The molecule has 150 valence electrons. The number of aryl methyl sites for hydroxylation is 3. The largest absolute Gasteiger partial charge is 0.497 e. The van der Waals surface area contributed by atoms with Gasteiger partial charge in [0.05, 0.1) is 18.3 Å². The number of benzene rings is 2. The summed E-state index contributed by atoms with van der Waals surface area (Å²) in [5.74, 6) is -0.0542. The summed E-state index contributed by atoms with van der Waals surface area (Å²) in [6.45, 7) is 2.02. The Morgan fingerprint density at radius 3 is 1.90 bits per heavy atom. The van der Waals surface area contributed by atoms with Crippen LogP contribution < -0.4 is 10.1 Å². The van der Waals surface area contributed by atoms with Gasteiger partial charge < -0.3 is 13.9 Å². The average molecular weight is 399 g/mol. The number of fused-ring (bicyclic) bond motifs is 2. The second kappa shape index (κ2) is 6.35. The van der Waals surface area contributed by atoms with Crippen LogP contribution in [0.25, 0.3) is 33.0 Å². The van der Waals surface area contributed by atoms with Crippen molar-refractivity contribution in [2.75, 3.05) is 7.11 Å². The van der Waals surface area contributed by atoms with Crippen LogP contribution in [0.2, 0.25) is 0 Å². The lowest BCUT2D eigenvalue weighted by Gasteiger charge is -2.05. The van der Waals surface area contributed by atoms with Gasteiger partial charge in [-0.05, 0) is 37.3 Å². The number of rotatable bonds is 3. The maximum atomic E-state index is 12.9. The lowest BCUT2D eigenvalue weighted by atomic mass is 9.95. The first-order valence-electron chi connectivity index (χ1n) is 9.68. The Hall–Kier alpha value is -3.80. The molecule has 0 atom stereocenters. The van der Waals surface area contributed by atoms with Gasteiger partial charge in [0.25, 0.3) is 11.8 Å². The molecule has 0 aliphatic carbocycles. The molecule has 0 bridgehead atoms. The van der Waals surface area contributed by atoms with E-state index in [4.69, 9.17) is 4.74 Å². The number of carbonyl (C=O) groups is 2. The van der Waals surface area contributed by atoms with Crippen LogP contribution in [-0.2, 0) is 23.7 Å². The minimum atomic E-state index is -0.380. The fraction of sp³-hybridized carbons (Fsp3) is 0.167. The highest BCUT2D eigenvalue weighted by Crippen LogP contribution is 2.39. The molecule has 3 heterocycles. The molecule has 5 rings (SSSR count). The first kappa shape index (κ1) is 18.2. The van der Waals surface area contributed by atoms with Crippen LogP contribution in [0.5, 0.6) is 5.75 Å². The number of hydrogen-bond donors (Lipinski definition) is 1. The lowest BCUT2D eigenvalue weighted by Crippen LogP contribution is -2.22. The van der Waals surface area contributed by atoms with E-state index in [9.17, 15) is 9.59 Å². The lowest BCUT2D eigenvalue weighted by molar-refractivity contribution is -0.122. The molecule has 1 N–H and O–H groups in total. The van der Waals surface area contributed by atoms with Crippen LogP contribution in [0.3, 0.4) is 0 Å². The second-order valence-corrected chi connectivity index (χ2v) is 7.74. The SMILES string of the molecule is COc1ccc2c(c1)c(C1=C(c3cn(C)c4ccc(C)cc34)C(=O)NC1=O)cn2C. The van der Waals surface area contributed by atoms with Gasteiger partial charge in [-0.1, -0.05) is 11.6 Å². The number of hydrogen-bond acceptors (Lipinski definition) is 3. The summed E-state index contributed by atoms with van der Waals surface area (Å²) in [7, 11) is 5.48. The zero-order valence-electron chi connectivity index (χ0n) is 17.2. The van der Waals surface area contributed by atoms with Gasteiger partial charge in [-0.3, -0.25) is 14.9 Å². The van der Waals surface area contributed by atoms with Crippen molar-refractivity contribution < 1.29 is 14.3 Å². The van der Waals surface area contributed by atoms with E-state index in [1.54, 1.807) is 7.11 Å². The van der Waals surface area contributed by atoms with Crippen LogP contribution in [0, 0.1) is 6.92 Å². The summed E-state index contributed by atoms with van der Waals surface area (Å²) in [5, 5.41) is 4.32. The predicted octanol–water partition coefficient (Wildman–Crippen LogP) is 3.55. The summed E-state index contributed by atoms with van der Waals surface area (Å²) < 4.78 is 9.33. The first-order valence-corrected chi connectivity index (χ1v) is 9.68. The quantitative estimate of drug-likeness (QED) is 0.536. The van der Waals surface area contributed by atoms with E-state index in [1.807, 2.05) is 72.9 Å². The molecular formula is C24H21N3O3. The Labute approximate surface area is 173 Å². The fourth-order valence-corrected chi connectivity index (χ4v) is 4.37. The zero-order valence-corrected chi connectivity index (χ0v) is 17.2. The third kappa shape index (κ3) is 2.50. The van der Waals surface area contributed by atoms with Crippen LogP contribution >= 0.6 is 0 Å². The Morgan fingerprint density at radius 1 is 0.800 bits per heavy atom. The van der Waals surface area contributed by atoms with E-state index in [1.165, 1.54) is 0 Å². The van der Waals surface area contributed by atoms with E-state index in [0.717, 1.165) is 38.5 Å². The number of nitrogens with zero attached hydrogens (tertiary/aromatic N) is 2. The van der Waals surface area contributed by atoms with E-state index < -0.39 is 0 Å². The molecule has 1 aliphatic heterocycles. The van der Waals surface area contributed by atoms with Crippen molar-refractivity contribution in [3.05, 3.63) is 65.5 Å². The third-order valence-corrected chi connectivity index (χ3v) is 5.81. The molecule has 1 aliphatic rings. The van der Waals surface area contributed by atoms with Gasteiger partial charge in [-0.2, -0.15) is 0 Å². The molecule has 4 aromatic rings. The normalized spacial score (nSPS) is 14.3. The Morgan fingerprint density at radius 2 is 1.33 bits per heavy atom. The van der Waals surface area contributed by atoms with Gasteiger partial charge in [0, 0.05) is 59.4 Å². The molecule has 2 amide bonds. The monoisotopic (exact) mass is 399 g/mol. The summed E-state index contributed by atoms with van der Waals surface area (Å²) in [6, 6.07) is 11.9. The van der Waals surface area contributed by atoms with Crippen LogP contribution in [0.15, 0.2) is 48.8 Å². The van der Waals surface area contributed by atoms with Crippen molar-refractivity contribution in [1.82, 2.24) is 14.5 Å². The molecule has 6 heteroatoms. The Bertz CT molecular complexity index is 1420. The zero-order chi connectivity index (χ0) is 21.2. The number of aromatic nitrogens is 2. The van der Waals surface area contributed by atoms with E-state index in [-0.39, 0.29) is 11.8 Å². The highest BCUT2D eigenvalue weighted by atomic mass is 16.5. The van der Waals surface area contributed by atoms with Crippen molar-refractivity contribution >= 4 is 44.8 Å². The predicted molar refractivity (Wildman–Crippen MR) is 117 cm³/mol. The number of imide groups is 1. The summed E-state index contributed by atoms with van der Waals surface area (Å²) in [6.07, 6.45) is 3.82. The van der Waals surface area contributed by atoms with Crippen molar-refractivity contribution in [2.45, 2.75) is 6.92 Å². The fourth-order valence-electron chi connectivity index (χ4n) is 4.37. The van der Waals surface area contributed by atoms with E-state index >= 15 is 0 Å². The highest BCUT2D eigenvalue weighted by Gasteiger charge is 2.35. The molecule has 2 aromatic heterocycles. The highest BCUT2D eigenvalue weighted by molar-refractivity contribution is 6.50. The second-order valence-electron chi connectivity index (χ2n) is 7.74. The molecule has 30 heavy (non-hydrogen) atoms. The molecule has 2 aromatic carbocycles. The van der Waals surface area contributed by atoms with Gasteiger partial charge in [0.1, 0.15) is 5.75 Å². The molecule has 6 nitrogen and oxygen atoms in total. The number of ether oxygens (including phenoxy) is 1. The summed E-state index contributed by atoms with van der Waals surface area (Å²) in [4.78, 5) is 25.9. The van der Waals surface area contributed by atoms with E-state index in [2.05, 4.69) is 11.4 Å². The molecule has 0 spiro atoms. The van der Waals surface area contributed by atoms with Gasteiger partial charge in [-0.25, -0.2) is 0 Å². The molecule has 0 saturated heterocycles. The summed E-state index contributed by atoms with van der Waals surface area (Å²) >= 11 is 0. The number of carbonyl (C=O) groups excluding carboxylic acids is 2. The van der Waals surface area contributed by atoms with E-state index in [0.29, 0.717) is 16.9 Å². The number of methoxy groups -OCH3 is 1. The number of amides is 2. The summed E-state index contributed by atoms with van der Waals surface area (Å²) in [5.41, 5.74) is 5.34. The molecule has 0 saturated carbocycles. The van der Waals surface area contributed by atoms with Crippen LogP contribution in [0.4, 0.5) is 0 Å². The van der Waals surface area contributed by atoms with Crippen molar-refractivity contribution in [1.29, 1.82) is 0 Å². The minimum absolute atomic E-state index is 0.371. The molecule has 0 fully saturated rings.